The number of nitrogens with zero attached hydrogens (tertiary/aromatic N) is 1. The van der Waals surface area contributed by atoms with Gasteiger partial charge in [-0.2, -0.15) is 0 Å². The van der Waals surface area contributed by atoms with Crippen LogP contribution in [0.2, 0.25) is 0 Å². The van der Waals surface area contributed by atoms with Crippen molar-refractivity contribution in [2.24, 2.45) is 0 Å². The molecule has 101 valence electrons. The van der Waals surface area contributed by atoms with Crippen LogP contribution in [0.3, 0.4) is 0 Å². The number of benzene rings is 2. The highest BCUT2D eigenvalue weighted by atomic mass is 16.1. The predicted octanol–water partition coefficient (Wildman–Crippen LogP) is 3.23. The number of carbonyl (C=O) groups excluding carboxylic acids is 2. The third kappa shape index (κ3) is 2.46. The molecule has 3 aromatic rings. The number of fused-ring (bicyclic) bond motifs is 1. The van der Waals surface area contributed by atoms with Gasteiger partial charge in [0.1, 0.15) is 0 Å². The first-order chi connectivity index (χ1) is 10.2. The van der Waals surface area contributed by atoms with Crippen molar-refractivity contribution in [1.29, 1.82) is 0 Å². The molecule has 21 heavy (non-hydrogen) atoms. The minimum atomic E-state index is -0.0749. The Balaban J connectivity index is 2.14. The van der Waals surface area contributed by atoms with Crippen LogP contribution in [-0.2, 0) is 4.79 Å². The Morgan fingerprint density at radius 1 is 1.05 bits per heavy atom. The highest BCUT2D eigenvalue weighted by molar-refractivity contribution is 6.16. The van der Waals surface area contributed by atoms with Gasteiger partial charge in [-0.05, 0) is 19.1 Å². The van der Waals surface area contributed by atoms with E-state index in [1.54, 1.807) is 36.6 Å². The Labute approximate surface area is 122 Å². The molecule has 0 amide bonds. The quantitative estimate of drug-likeness (QED) is 0.689. The second-order valence-electron chi connectivity index (χ2n) is 4.84. The van der Waals surface area contributed by atoms with Crippen molar-refractivity contribution in [3.63, 3.8) is 0 Å². The molecule has 0 saturated heterocycles. The zero-order valence-corrected chi connectivity index (χ0v) is 11.5. The normalized spacial score (nSPS) is 10.5. The summed E-state index contributed by atoms with van der Waals surface area (Å²) < 4.78 is 0. The zero-order chi connectivity index (χ0) is 14.8. The Morgan fingerprint density at radius 3 is 2.48 bits per heavy atom. The van der Waals surface area contributed by atoms with Gasteiger partial charge in [0.15, 0.2) is 5.78 Å². The zero-order valence-electron chi connectivity index (χ0n) is 11.5. The molecule has 1 heterocycles. The molecule has 0 spiro atoms. The third-order valence-electron chi connectivity index (χ3n) is 3.35. The maximum absolute atomic E-state index is 12.7. The van der Waals surface area contributed by atoms with Crippen molar-refractivity contribution in [2.45, 2.75) is 6.92 Å². The molecule has 0 atom stereocenters. The number of ketones is 1. The maximum Gasteiger partial charge on any atom is 0.233 e. The molecule has 0 aliphatic heterocycles. The average molecular weight is 274 g/mol. The van der Waals surface area contributed by atoms with Gasteiger partial charge in [0.2, 0.25) is 6.29 Å². The summed E-state index contributed by atoms with van der Waals surface area (Å²) in [6, 6.07) is 15.8. The van der Waals surface area contributed by atoms with Crippen LogP contribution in [0.5, 0.6) is 0 Å². The average Bonchev–Trinajstić information content (AvgIpc) is 2.53. The minimum absolute atomic E-state index is 0.0749. The van der Waals surface area contributed by atoms with Crippen LogP contribution in [0.4, 0.5) is 0 Å². The van der Waals surface area contributed by atoms with Crippen LogP contribution in [0.15, 0.2) is 54.6 Å². The molecular weight excluding hydrogens is 262 g/mol. The second kappa shape index (κ2) is 5.29. The van der Waals surface area contributed by atoms with E-state index in [9.17, 15) is 9.59 Å². The Bertz CT molecular complexity index is 835. The topological polar surface area (TPSA) is 47.0 Å². The van der Waals surface area contributed by atoms with Gasteiger partial charge in [0.25, 0.3) is 0 Å². The summed E-state index contributed by atoms with van der Waals surface area (Å²) in [6.45, 7) is 1.87. The number of aryl methyl sites for hydroxylation is 1. The molecule has 0 N–H and O–H groups in total. The number of pyridine rings is 1. The van der Waals surface area contributed by atoms with Crippen molar-refractivity contribution in [2.75, 3.05) is 0 Å². The lowest BCUT2D eigenvalue weighted by molar-refractivity contribution is 0.104. The number of carbonyl (C=O) groups is 1. The number of hydrogen-bond acceptors (Lipinski definition) is 3. The molecule has 0 fully saturated rings. The standard InChI is InChI=1S/C18H12NO2/c1-12-10-16(15-4-2-3-5-17(15)19-12)18(21)14-8-6-13(11-20)7-9-14/h2-10H,1H3. The summed E-state index contributed by atoms with van der Waals surface area (Å²) >= 11 is 0. The molecule has 1 radical (unpaired) electrons. The molecule has 0 bridgehead atoms. The van der Waals surface area contributed by atoms with Gasteiger partial charge in [-0.3, -0.25) is 14.6 Å². The van der Waals surface area contributed by atoms with E-state index in [0.29, 0.717) is 16.7 Å². The largest absolute Gasteiger partial charge is 0.289 e. The SMILES string of the molecule is Cc1cc(C(=O)c2ccc([C]=O)cc2)c2ccccc2n1. The van der Waals surface area contributed by atoms with E-state index in [-0.39, 0.29) is 5.78 Å². The second-order valence-corrected chi connectivity index (χ2v) is 4.84. The first-order valence-corrected chi connectivity index (χ1v) is 6.58. The monoisotopic (exact) mass is 274 g/mol. The first-order valence-electron chi connectivity index (χ1n) is 6.58. The number of hydrogen-bond donors (Lipinski definition) is 0. The fourth-order valence-corrected chi connectivity index (χ4v) is 2.34. The minimum Gasteiger partial charge on any atom is -0.289 e. The van der Waals surface area contributed by atoms with Crippen molar-refractivity contribution < 1.29 is 9.59 Å². The Morgan fingerprint density at radius 2 is 1.76 bits per heavy atom. The van der Waals surface area contributed by atoms with E-state index in [2.05, 4.69) is 4.98 Å². The van der Waals surface area contributed by atoms with Crippen molar-refractivity contribution >= 4 is 23.0 Å². The van der Waals surface area contributed by atoms with E-state index in [4.69, 9.17) is 0 Å². The lowest BCUT2D eigenvalue weighted by Crippen LogP contribution is -2.04. The van der Waals surface area contributed by atoms with Crippen LogP contribution >= 0.6 is 0 Å². The van der Waals surface area contributed by atoms with E-state index < -0.39 is 0 Å². The van der Waals surface area contributed by atoms with Gasteiger partial charge in [0, 0.05) is 27.8 Å². The molecule has 3 rings (SSSR count). The smallest absolute Gasteiger partial charge is 0.233 e. The van der Waals surface area contributed by atoms with Gasteiger partial charge in [0.05, 0.1) is 5.52 Å². The summed E-state index contributed by atoms with van der Waals surface area (Å²) in [5.41, 5.74) is 3.21. The summed E-state index contributed by atoms with van der Waals surface area (Å²) in [5, 5.41) is 0.833. The summed E-state index contributed by atoms with van der Waals surface area (Å²) in [5.74, 6) is -0.0749. The van der Waals surface area contributed by atoms with Gasteiger partial charge < -0.3 is 0 Å². The molecule has 1 aromatic heterocycles. The first kappa shape index (κ1) is 13.2. The van der Waals surface area contributed by atoms with Crippen molar-refractivity contribution in [3.05, 3.63) is 77.0 Å². The lowest BCUT2D eigenvalue weighted by atomic mass is 9.98. The van der Waals surface area contributed by atoms with Crippen LogP contribution in [0, 0.1) is 6.92 Å². The summed E-state index contributed by atoms with van der Waals surface area (Å²) in [6.07, 6.45) is 1.80. The van der Waals surface area contributed by atoms with Crippen molar-refractivity contribution in [1.82, 2.24) is 4.98 Å². The van der Waals surface area contributed by atoms with Crippen LogP contribution in [0.1, 0.15) is 27.2 Å². The lowest BCUT2D eigenvalue weighted by Gasteiger charge is -2.07. The molecule has 2 aromatic carbocycles. The van der Waals surface area contributed by atoms with Crippen LogP contribution < -0.4 is 0 Å². The molecule has 0 unspecified atom stereocenters. The predicted molar refractivity (Wildman–Crippen MR) is 81.2 cm³/mol. The highest BCUT2D eigenvalue weighted by Gasteiger charge is 2.13. The van der Waals surface area contributed by atoms with E-state index in [0.717, 1.165) is 16.6 Å². The number of aromatic nitrogens is 1. The fraction of sp³-hybridized carbons (Fsp3) is 0.0556. The van der Waals surface area contributed by atoms with E-state index in [1.165, 1.54) is 0 Å². The van der Waals surface area contributed by atoms with Gasteiger partial charge >= 0.3 is 0 Å². The molecule has 0 aliphatic carbocycles. The molecular formula is C18H12NO2. The summed E-state index contributed by atoms with van der Waals surface area (Å²) in [7, 11) is 0. The van der Waals surface area contributed by atoms with E-state index in [1.807, 2.05) is 31.2 Å². The fourth-order valence-electron chi connectivity index (χ4n) is 2.34. The molecule has 0 aliphatic rings. The number of rotatable bonds is 3. The van der Waals surface area contributed by atoms with Crippen molar-refractivity contribution in [3.8, 4) is 0 Å². The van der Waals surface area contributed by atoms with Gasteiger partial charge in [-0.25, -0.2) is 0 Å². The maximum atomic E-state index is 12.7. The van der Waals surface area contributed by atoms with Crippen LogP contribution in [-0.4, -0.2) is 17.1 Å². The molecule has 0 saturated carbocycles. The highest BCUT2D eigenvalue weighted by Crippen LogP contribution is 2.21. The Kier molecular flexibility index (Phi) is 3.32. The van der Waals surface area contributed by atoms with Crippen LogP contribution in [0.25, 0.3) is 10.9 Å². The number of para-hydroxylation sites is 1. The summed E-state index contributed by atoms with van der Waals surface area (Å²) in [4.78, 5) is 27.7. The molecule has 3 nitrogen and oxygen atoms in total. The Hall–Kier alpha value is -2.81. The molecule has 3 heteroatoms. The van der Waals surface area contributed by atoms with E-state index >= 15 is 0 Å². The van der Waals surface area contributed by atoms with Gasteiger partial charge in [-0.15, -0.1) is 0 Å². The van der Waals surface area contributed by atoms with Gasteiger partial charge in [-0.1, -0.05) is 42.5 Å². The third-order valence-corrected chi connectivity index (χ3v) is 3.35.